The van der Waals surface area contributed by atoms with Crippen LogP contribution in [0, 0.1) is 0 Å². The summed E-state index contributed by atoms with van der Waals surface area (Å²) in [6, 6.07) is 21.2. The Kier molecular flexibility index (Phi) is 5.73. The third-order valence-electron chi connectivity index (χ3n) is 5.11. The lowest BCUT2D eigenvalue weighted by Gasteiger charge is -2.20. The molecule has 0 unspecified atom stereocenters. The van der Waals surface area contributed by atoms with Crippen LogP contribution in [-0.2, 0) is 16.1 Å². The van der Waals surface area contributed by atoms with Gasteiger partial charge in [-0.15, -0.1) is 0 Å². The zero-order valence-electron chi connectivity index (χ0n) is 16.8. The van der Waals surface area contributed by atoms with Crippen molar-refractivity contribution in [3.05, 3.63) is 88.0 Å². The molecule has 1 N–H and O–H groups in total. The number of halogens is 1. The van der Waals surface area contributed by atoms with Gasteiger partial charge in [0.15, 0.2) is 5.43 Å². The number of nitrogens with one attached hydrogen (secondary N) is 1. The van der Waals surface area contributed by atoms with Crippen LogP contribution in [0.15, 0.2) is 77.6 Å². The molecule has 3 aromatic carbocycles. The highest BCUT2D eigenvalue weighted by Gasteiger charge is 2.17. The number of hydrogen-bond acceptors (Lipinski definition) is 3. The fourth-order valence-electron chi connectivity index (χ4n) is 3.54. The average Bonchev–Trinajstić information content (AvgIpc) is 2.78. The molecule has 31 heavy (non-hydrogen) atoms. The van der Waals surface area contributed by atoms with Crippen LogP contribution in [0.4, 0.5) is 5.69 Å². The van der Waals surface area contributed by atoms with Crippen LogP contribution in [0.5, 0.6) is 0 Å². The average molecular weight is 434 g/mol. The third kappa shape index (κ3) is 4.29. The van der Waals surface area contributed by atoms with Crippen molar-refractivity contribution >= 4 is 50.9 Å². The first-order valence-corrected chi connectivity index (χ1v) is 10.1. The maximum atomic E-state index is 12.9. The summed E-state index contributed by atoms with van der Waals surface area (Å²) < 4.78 is 1.82. The first-order valence-electron chi connectivity index (χ1n) is 9.74. The molecule has 0 aliphatic rings. The Morgan fingerprint density at radius 3 is 2.03 bits per heavy atom. The lowest BCUT2D eigenvalue weighted by Crippen LogP contribution is -2.37. The van der Waals surface area contributed by atoms with Gasteiger partial charge in [-0.1, -0.05) is 35.9 Å². The predicted octanol–water partition coefficient (Wildman–Crippen LogP) is 3.91. The van der Waals surface area contributed by atoms with Gasteiger partial charge in [-0.2, -0.15) is 0 Å². The SMILES string of the molecule is CN(CC(=O)Nc1ccc(Cl)cc1)C(=O)Cn1c2ccccc2c(=O)c2ccccc21. The number of carbonyl (C=O) groups excluding carboxylic acids is 2. The van der Waals surface area contributed by atoms with E-state index in [4.69, 9.17) is 11.6 Å². The number of carbonyl (C=O) groups is 2. The molecule has 0 radical (unpaired) electrons. The summed E-state index contributed by atoms with van der Waals surface area (Å²) in [6.45, 7) is -0.0937. The molecule has 7 heteroatoms. The van der Waals surface area contributed by atoms with Gasteiger partial charge in [0.2, 0.25) is 11.8 Å². The molecule has 2 amide bonds. The number of amides is 2. The Hall–Kier alpha value is -3.64. The number of para-hydroxylation sites is 2. The first kappa shape index (κ1) is 20.6. The van der Waals surface area contributed by atoms with E-state index in [0.717, 1.165) is 0 Å². The van der Waals surface area contributed by atoms with Crippen LogP contribution in [-0.4, -0.2) is 34.9 Å². The van der Waals surface area contributed by atoms with Gasteiger partial charge >= 0.3 is 0 Å². The topological polar surface area (TPSA) is 71.4 Å². The number of pyridine rings is 1. The summed E-state index contributed by atoms with van der Waals surface area (Å²) in [5.41, 5.74) is 1.90. The minimum absolute atomic E-state index is 0.00598. The number of rotatable bonds is 5. The van der Waals surface area contributed by atoms with Gasteiger partial charge in [0.05, 0.1) is 17.6 Å². The highest BCUT2D eigenvalue weighted by atomic mass is 35.5. The summed E-state index contributed by atoms with van der Waals surface area (Å²) in [5.74, 6) is -0.557. The van der Waals surface area contributed by atoms with E-state index in [-0.39, 0.29) is 30.3 Å². The lowest BCUT2D eigenvalue weighted by molar-refractivity contribution is -0.133. The van der Waals surface area contributed by atoms with E-state index in [0.29, 0.717) is 32.5 Å². The molecule has 0 spiro atoms. The molecule has 0 saturated heterocycles. The highest BCUT2D eigenvalue weighted by Crippen LogP contribution is 2.19. The van der Waals surface area contributed by atoms with Crippen molar-refractivity contribution in [3.8, 4) is 0 Å². The number of nitrogens with zero attached hydrogens (tertiary/aromatic N) is 2. The molecular weight excluding hydrogens is 414 g/mol. The van der Waals surface area contributed by atoms with Gasteiger partial charge in [0.25, 0.3) is 0 Å². The molecule has 0 fully saturated rings. The van der Waals surface area contributed by atoms with Crippen LogP contribution in [0.25, 0.3) is 21.8 Å². The Morgan fingerprint density at radius 1 is 0.903 bits per heavy atom. The van der Waals surface area contributed by atoms with Gasteiger partial charge in [-0.25, -0.2) is 0 Å². The number of aromatic nitrogens is 1. The second kappa shape index (κ2) is 8.62. The largest absolute Gasteiger partial charge is 0.335 e. The van der Waals surface area contributed by atoms with E-state index < -0.39 is 0 Å². The Bertz CT molecular complexity index is 1290. The molecule has 0 bridgehead atoms. The predicted molar refractivity (Wildman–Crippen MR) is 123 cm³/mol. The summed E-state index contributed by atoms with van der Waals surface area (Å²) >= 11 is 5.86. The van der Waals surface area contributed by atoms with Crippen molar-refractivity contribution in [2.24, 2.45) is 0 Å². The zero-order valence-corrected chi connectivity index (χ0v) is 17.6. The summed E-state index contributed by atoms with van der Waals surface area (Å²) in [4.78, 5) is 39.5. The van der Waals surface area contributed by atoms with E-state index in [9.17, 15) is 14.4 Å². The number of benzene rings is 3. The molecule has 0 atom stereocenters. The molecule has 4 rings (SSSR count). The number of likely N-dealkylation sites (N-methyl/N-ethyl adjacent to an activating group) is 1. The molecular formula is C24H20ClN3O3. The fraction of sp³-hybridized carbons (Fsp3) is 0.125. The molecule has 1 aromatic heterocycles. The minimum atomic E-state index is -0.312. The number of fused-ring (bicyclic) bond motifs is 2. The van der Waals surface area contributed by atoms with E-state index >= 15 is 0 Å². The van der Waals surface area contributed by atoms with Gasteiger partial charge in [0, 0.05) is 28.5 Å². The van der Waals surface area contributed by atoms with E-state index in [1.54, 1.807) is 55.6 Å². The van der Waals surface area contributed by atoms with Gasteiger partial charge in [-0.05, 0) is 48.5 Å². The summed E-state index contributed by atoms with van der Waals surface area (Å²) in [5, 5.41) is 4.43. The quantitative estimate of drug-likeness (QED) is 0.485. The van der Waals surface area contributed by atoms with Gasteiger partial charge in [-0.3, -0.25) is 14.4 Å². The zero-order chi connectivity index (χ0) is 22.0. The first-order chi connectivity index (χ1) is 14.9. The molecule has 0 aliphatic carbocycles. The standard InChI is InChI=1S/C24H20ClN3O3/c1-27(14-22(29)26-17-12-10-16(25)11-13-17)23(30)15-28-20-8-4-2-6-18(20)24(31)19-7-3-5-9-21(19)28/h2-13H,14-15H2,1H3,(H,26,29). The fourth-order valence-corrected chi connectivity index (χ4v) is 3.67. The maximum absolute atomic E-state index is 12.9. The highest BCUT2D eigenvalue weighted by molar-refractivity contribution is 6.30. The smallest absolute Gasteiger partial charge is 0.243 e. The normalized spacial score (nSPS) is 10.9. The van der Waals surface area contributed by atoms with Crippen LogP contribution >= 0.6 is 11.6 Å². The Labute approximate surface area is 183 Å². The van der Waals surface area contributed by atoms with Crippen molar-refractivity contribution in [2.45, 2.75) is 6.54 Å². The van der Waals surface area contributed by atoms with Gasteiger partial charge < -0.3 is 14.8 Å². The number of hydrogen-bond donors (Lipinski definition) is 1. The molecule has 1 heterocycles. The minimum Gasteiger partial charge on any atom is -0.335 e. The molecule has 0 saturated carbocycles. The maximum Gasteiger partial charge on any atom is 0.243 e. The van der Waals surface area contributed by atoms with Crippen molar-refractivity contribution in [1.82, 2.24) is 9.47 Å². The van der Waals surface area contributed by atoms with Crippen molar-refractivity contribution in [3.63, 3.8) is 0 Å². The van der Waals surface area contributed by atoms with E-state index in [1.165, 1.54) is 4.90 Å². The Morgan fingerprint density at radius 2 is 1.45 bits per heavy atom. The lowest BCUT2D eigenvalue weighted by atomic mass is 10.1. The second-order valence-corrected chi connectivity index (χ2v) is 7.69. The summed E-state index contributed by atoms with van der Waals surface area (Å²) in [7, 11) is 1.58. The van der Waals surface area contributed by atoms with Crippen LogP contribution in [0.3, 0.4) is 0 Å². The second-order valence-electron chi connectivity index (χ2n) is 7.25. The monoisotopic (exact) mass is 433 g/mol. The molecule has 0 aliphatic heterocycles. The Balaban J connectivity index is 1.57. The summed E-state index contributed by atoms with van der Waals surface area (Å²) in [6.07, 6.45) is 0. The van der Waals surface area contributed by atoms with E-state index in [1.807, 2.05) is 28.8 Å². The van der Waals surface area contributed by atoms with Crippen molar-refractivity contribution in [2.75, 3.05) is 18.9 Å². The van der Waals surface area contributed by atoms with Gasteiger partial charge in [0.1, 0.15) is 6.54 Å². The van der Waals surface area contributed by atoms with Crippen LogP contribution < -0.4 is 10.7 Å². The number of anilines is 1. The molecule has 4 aromatic rings. The van der Waals surface area contributed by atoms with Crippen molar-refractivity contribution < 1.29 is 9.59 Å². The third-order valence-corrected chi connectivity index (χ3v) is 5.36. The van der Waals surface area contributed by atoms with Crippen LogP contribution in [0.1, 0.15) is 0 Å². The molecule has 6 nitrogen and oxygen atoms in total. The van der Waals surface area contributed by atoms with Crippen molar-refractivity contribution in [1.29, 1.82) is 0 Å². The van der Waals surface area contributed by atoms with Crippen LogP contribution in [0.2, 0.25) is 5.02 Å². The van der Waals surface area contributed by atoms with E-state index in [2.05, 4.69) is 5.32 Å². The molecule has 156 valence electrons.